The standard InChI is InChI=1S/C14H25N3O2/c1-16(10-13(18)17-8-2-3-9-17)14(19)11-4-6-12(15)7-5-11/h11-12H,2-10,15H2,1H3. The van der Waals surface area contributed by atoms with Gasteiger partial charge in [-0.05, 0) is 38.5 Å². The van der Waals surface area contributed by atoms with E-state index in [1.165, 1.54) is 0 Å². The Hall–Kier alpha value is -1.10. The topological polar surface area (TPSA) is 66.6 Å². The smallest absolute Gasteiger partial charge is 0.242 e. The summed E-state index contributed by atoms with van der Waals surface area (Å²) in [5.41, 5.74) is 5.85. The zero-order valence-electron chi connectivity index (χ0n) is 11.8. The van der Waals surface area contributed by atoms with Gasteiger partial charge in [-0.3, -0.25) is 9.59 Å². The van der Waals surface area contributed by atoms with Gasteiger partial charge in [0.15, 0.2) is 0 Å². The molecule has 108 valence electrons. The highest BCUT2D eigenvalue weighted by Gasteiger charge is 2.28. The lowest BCUT2D eigenvalue weighted by Crippen LogP contribution is -2.43. The summed E-state index contributed by atoms with van der Waals surface area (Å²) in [5, 5.41) is 0. The predicted molar refractivity (Wildman–Crippen MR) is 73.4 cm³/mol. The number of carbonyl (C=O) groups excluding carboxylic acids is 2. The van der Waals surface area contributed by atoms with Crippen molar-refractivity contribution in [3.8, 4) is 0 Å². The molecule has 0 aromatic rings. The number of nitrogens with two attached hydrogens (primary N) is 1. The Labute approximate surface area is 115 Å². The fourth-order valence-corrected chi connectivity index (χ4v) is 3.03. The van der Waals surface area contributed by atoms with E-state index < -0.39 is 0 Å². The Morgan fingerprint density at radius 1 is 1.16 bits per heavy atom. The Morgan fingerprint density at radius 3 is 2.32 bits per heavy atom. The van der Waals surface area contributed by atoms with Crippen molar-refractivity contribution in [3.05, 3.63) is 0 Å². The highest BCUT2D eigenvalue weighted by molar-refractivity contribution is 5.85. The number of carbonyl (C=O) groups is 2. The lowest BCUT2D eigenvalue weighted by molar-refractivity contribution is -0.141. The molecule has 19 heavy (non-hydrogen) atoms. The minimum atomic E-state index is 0.0659. The van der Waals surface area contributed by atoms with Gasteiger partial charge in [0.25, 0.3) is 0 Å². The molecule has 5 heteroatoms. The van der Waals surface area contributed by atoms with E-state index in [4.69, 9.17) is 5.73 Å². The molecule has 1 aliphatic carbocycles. The monoisotopic (exact) mass is 267 g/mol. The molecule has 0 unspecified atom stereocenters. The molecule has 2 aliphatic rings. The van der Waals surface area contributed by atoms with Crippen LogP contribution in [0.5, 0.6) is 0 Å². The van der Waals surface area contributed by atoms with E-state index in [0.29, 0.717) is 0 Å². The molecule has 2 rings (SSSR count). The highest BCUT2D eigenvalue weighted by Crippen LogP contribution is 2.24. The van der Waals surface area contributed by atoms with Crippen LogP contribution in [0.4, 0.5) is 0 Å². The molecule has 2 amide bonds. The Balaban J connectivity index is 1.80. The first-order chi connectivity index (χ1) is 9.08. The summed E-state index contributed by atoms with van der Waals surface area (Å²) in [6.45, 7) is 1.92. The van der Waals surface area contributed by atoms with Crippen LogP contribution in [0.1, 0.15) is 38.5 Å². The van der Waals surface area contributed by atoms with E-state index in [2.05, 4.69) is 0 Å². The number of likely N-dealkylation sites (tertiary alicyclic amines) is 1. The molecule has 2 N–H and O–H groups in total. The van der Waals surface area contributed by atoms with E-state index in [1.807, 2.05) is 4.90 Å². The molecule has 0 atom stereocenters. The molecule has 0 aromatic heterocycles. The van der Waals surface area contributed by atoms with Gasteiger partial charge in [-0.1, -0.05) is 0 Å². The minimum absolute atomic E-state index is 0.0659. The SMILES string of the molecule is CN(CC(=O)N1CCCC1)C(=O)C1CCC(N)CC1. The second-order valence-corrected chi connectivity index (χ2v) is 5.89. The number of rotatable bonds is 3. The molecule has 0 bridgehead atoms. The fraction of sp³-hybridized carbons (Fsp3) is 0.857. The van der Waals surface area contributed by atoms with Crippen LogP contribution in [-0.4, -0.2) is 54.3 Å². The van der Waals surface area contributed by atoms with E-state index in [0.717, 1.165) is 51.6 Å². The van der Waals surface area contributed by atoms with Crippen molar-refractivity contribution < 1.29 is 9.59 Å². The predicted octanol–water partition coefficient (Wildman–Crippen LogP) is 0.585. The molecular formula is C14H25N3O2. The second-order valence-electron chi connectivity index (χ2n) is 5.89. The summed E-state index contributed by atoms with van der Waals surface area (Å²) >= 11 is 0. The first-order valence-electron chi connectivity index (χ1n) is 7.36. The largest absolute Gasteiger partial charge is 0.341 e. The molecule has 1 heterocycles. The molecule has 1 saturated heterocycles. The summed E-state index contributed by atoms with van der Waals surface area (Å²) in [5.74, 6) is 0.261. The van der Waals surface area contributed by atoms with Crippen LogP contribution in [-0.2, 0) is 9.59 Å². The van der Waals surface area contributed by atoms with Crippen LogP contribution in [0.2, 0.25) is 0 Å². The van der Waals surface area contributed by atoms with Crippen molar-refractivity contribution in [1.29, 1.82) is 0 Å². The summed E-state index contributed by atoms with van der Waals surface area (Å²) in [6.07, 6.45) is 5.74. The molecule has 1 saturated carbocycles. The molecule has 0 aromatic carbocycles. The quantitative estimate of drug-likeness (QED) is 0.813. The van der Waals surface area contributed by atoms with Gasteiger partial charge < -0.3 is 15.5 Å². The van der Waals surface area contributed by atoms with Gasteiger partial charge in [-0.15, -0.1) is 0 Å². The second kappa shape index (κ2) is 6.37. The third-order valence-corrected chi connectivity index (χ3v) is 4.33. The zero-order valence-corrected chi connectivity index (χ0v) is 11.8. The third-order valence-electron chi connectivity index (χ3n) is 4.33. The first-order valence-corrected chi connectivity index (χ1v) is 7.36. The average molecular weight is 267 g/mol. The van der Waals surface area contributed by atoms with Crippen LogP contribution in [0, 0.1) is 5.92 Å². The fourth-order valence-electron chi connectivity index (χ4n) is 3.03. The molecular weight excluding hydrogens is 242 g/mol. The first kappa shape index (κ1) is 14.3. The van der Waals surface area contributed by atoms with Crippen LogP contribution in [0.3, 0.4) is 0 Å². The molecule has 2 fully saturated rings. The zero-order chi connectivity index (χ0) is 13.8. The van der Waals surface area contributed by atoms with Gasteiger partial charge in [0.2, 0.25) is 11.8 Å². The molecule has 5 nitrogen and oxygen atoms in total. The maximum absolute atomic E-state index is 12.3. The third kappa shape index (κ3) is 3.69. The number of nitrogens with zero attached hydrogens (tertiary/aromatic N) is 2. The number of hydrogen-bond donors (Lipinski definition) is 1. The van der Waals surface area contributed by atoms with Gasteiger partial charge in [0.05, 0.1) is 6.54 Å². The maximum Gasteiger partial charge on any atom is 0.242 e. The van der Waals surface area contributed by atoms with E-state index in [9.17, 15) is 9.59 Å². The summed E-state index contributed by atoms with van der Waals surface area (Å²) in [6, 6.07) is 0.251. The van der Waals surface area contributed by atoms with Crippen molar-refractivity contribution in [2.75, 3.05) is 26.7 Å². The van der Waals surface area contributed by atoms with Crippen LogP contribution in [0.25, 0.3) is 0 Å². The van der Waals surface area contributed by atoms with Crippen molar-refractivity contribution in [3.63, 3.8) is 0 Å². The Morgan fingerprint density at radius 2 is 1.74 bits per heavy atom. The van der Waals surface area contributed by atoms with Crippen molar-refractivity contribution in [1.82, 2.24) is 9.80 Å². The maximum atomic E-state index is 12.3. The van der Waals surface area contributed by atoms with Crippen LogP contribution < -0.4 is 5.73 Å². The van der Waals surface area contributed by atoms with Crippen molar-refractivity contribution in [2.24, 2.45) is 11.7 Å². The molecule has 0 radical (unpaired) electrons. The van der Waals surface area contributed by atoms with E-state index in [1.54, 1.807) is 11.9 Å². The minimum Gasteiger partial charge on any atom is -0.341 e. The number of likely N-dealkylation sites (N-methyl/N-ethyl adjacent to an activating group) is 1. The van der Waals surface area contributed by atoms with E-state index in [-0.39, 0.29) is 30.3 Å². The van der Waals surface area contributed by atoms with Gasteiger partial charge in [-0.25, -0.2) is 0 Å². The van der Waals surface area contributed by atoms with Crippen LogP contribution >= 0.6 is 0 Å². The van der Waals surface area contributed by atoms with Gasteiger partial charge in [0.1, 0.15) is 0 Å². The van der Waals surface area contributed by atoms with Gasteiger partial charge in [-0.2, -0.15) is 0 Å². The number of hydrogen-bond acceptors (Lipinski definition) is 3. The Bertz CT molecular complexity index is 332. The summed E-state index contributed by atoms with van der Waals surface area (Å²) in [7, 11) is 1.74. The van der Waals surface area contributed by atoms with Gasteiger partial charge in [0, 0.05) is 32.1 Å². The van der Waals surface area contributed by atoms with Gasteiger partial charge >= 0.3 is 0 Å². The number of amides is 2. The normalized spacial score (nSPS) is 27.4. The lowest BCUT2D eigenvalue weighted by atomic mass is 9.85. The Kier molecular flexibility index (Phi) is 4.80. The average Bonchev–Trinajstić information content (AvgIpc) is 2.92. The van der Waals surface area contributed by atoms with E-state index >= 15 is 0 Å². The highest BCUT2D eigenvalue weighted by atomic mass is 16.2. The van der Waals surface area contributed by atoms with Crippen molar-refractivity contribution in [2.45, 2.75) is 44.6 Å². The molecule has 0 spiro atoms. The summed E-state index contributed by atoms with van der Waals surface area (Å²) < 4.78 is 0. The molecule has 1 aliphatic heterocycles. The van der Waals surface area contributed by atoms with Crippen LogP contribution in [0.15, 0.2) is 0 Å². The van der Waals surface area contributed by atoms with Crippen molar-refractivity contribution >= 4 is 11.8 Å². The summed E-state index contributed by atoms with van der Waals surface area (Å²) in [4.78, 5) is 27.7. The lowest BCUT2D eigenvalue weighted by Gasteiger charge is -2.29.